The zero-order chi connectivity index (χ0) is 14.4. The summed E-state index contributed by atoms with van der Waals surface area (Å²) in [5.41, 5.74) is 0.803. The van der Waals surface area contributed by atoms with Crippen molar-refractivity contribution in [2.75, 3.05) is 13.1 Å². The summed E-state index contributed by atoms with van der Waals surface area (Å²) < 4.78 is 5.89. The fraction of sp³-hybridized carbons (Fsp3) is 0.214. The number of amides is 1. The normalized spacial score (nSPS) is 10.4. The van der Waals surface area contributed by atoms with Crippen LogP contribution in [0.15, 0.2) is 45.5 Å². The molecule has 0 atom stereocenters. The minimum atomic E-state index is -0.234. The third kappa shape index (κ3) is 4.11. The van der Waals surface area contributed by atoms with Gasteiger partial charge in [0, 0.05) is 29.7 Å². The number of rotatable bonds is 6. The lowest BCUT2D eigenvalue weighted by molar-refractivity contribution is 0.0926. The first kappa shape index (κ1) is 14.6. The molecule has 1 heterocycles. The molecular formula is C14H15BrN2O3. The molecule has 0 bridgehead atoms. The van der Waals surface area contributed by atoms with Gasteiger partial charge in [0.05, 0.1) is 6.26 Å². The van der Waals surface area contributed by atoms with Gasteiger partial charge in [-0.05, 0) is 30.3 Å². The van der Waals surface area contributed by atoms with E-state index in [0.29, 0.717) is 25.4 Å². The molecule has 1 aromatic carbocycles. The highest BCUT2D eigenvalue weighted by Gasteiger charge is 2.06. The Hall–Kier alpha value is -1.79. The van der Waals surface area contributed by atoms with E-state index >= 15 is 0 Å². The Morgan fingerprint density at radius 2 is 2.15 bits per heavy atom. The molecule has 6 heteroatoms. The molecule has 0 aliphatic rings. The predicted octanol–water partition coefficient (Wildman–Crippen LogP) is 2.27. The van der Waals surface area contributed by atoms with Crippen LogP contribution in [0.3, 0.4) is 0 Å². The standard InChI is InChI=1S/C14H15BrN2O3/c15-11-3-4-12(18)10(8-11)9-16-5-6-17-14(19)13-2-1-7-20-13/h1-4,7-8,16,18H,5-6,9H2,(H,17,19). The highest BCUT2D eigenvalue weighted by Crippen LogP contribution is 2.21. The maximum Gasteiger partial charge on any atom is 0.287 e. The summed E-state index contributed by atoms with van der Waals surface area (Å²) in [5, 5.41) is 15.5. The summed E-state index contributed by atoms with van der Waals surface area (Å²) in [6.45, 7) is 1.61. The maximum absolute atomic E-state index is 11.6. The topological polar surface area (TPSA) is 74.5 Å². The molecule has 20 heavy (non-hydrogen) atoms. The highest BCUT2D eigenvalue weighted by atomic mass is 79.9. The van der Waals surface area contributed by atoms with Crippen LogP contribution in [0.25, 0.3) is 0 Å². The Kier molecular flexibility index (Phi) is 5.20. The largest absolute Gasteiger partial charge is 0.508 e. The van der Waals surface area contributed by atoms with Crippen molar-refractivity contribution in [2.45, 2.75) is 6.54 Å². The molecule has 0 aliphatic carbocycles. The first-order valence-electron chi connectivity index (χ1n) is 6.16. The van der Waals surface area contributed by atoms with Gasteiger partial charge in [-0.2, -0.15) is 0 Å². The second-order valence-corrected chi connectivity index (χ2v) is 5.10. The summed E-state index contributed by atoms with van der Waals surface area (Å²) in [4.78, 5) is 11.6. The lowest BCUT2D eigenvalue weighted by Gasteiger charge is -2.08. The number of carbonyl (C=O) groups is 1. The molecule has 0 saturated heterocycles. The second kappa shape index (κ2) is 7.12. The molecule has 1 aromatic heterocycles. The molecular weight excluding hydrogens is 324 g/mol. The van der Waals surface area contributed by atoms with Crippen LogP contribution >= 0.6 is 15.9 Å². The van der Waals surface area contributed by atoms with E-state index in [-0.39, 0.29) is 11.7 Å². The SMILES string of the molecule is O=C(NCCNCc1cc(Br)ccc1O)c1ccco1. The first-order chi connectivity index (χ1) is 9.66. The van der Waals surface area contributed by atoms with Crippen molar-refractivity contribution < 1.29 is 14.3 Å². The van der Waals surface area contributed by atoms with Crippen molar-refractivity contribution in [1.82, 2.24) is 10.6 Å². The van der Waals surface area contributed by atoms with Crippen molar-refractivity contribution in [3.05, 3.63) is 52.4 Å². The number of nitrogens with one attached hydrogen (secondary N) is 2. The van der Waals surface area contributed by atoms with Crippen LogP contribution in [0, 0.1) is 0 Å². The van der Waals surface area contributed by atoms with Gasteiger partial charge in [-0.25, -0.2) is 0 Å². The van der Waals surface area contributed by atoms with Gasteiger partial charge in [0.25, 0.3) is 5.91 Å². The number of phenolic OH excluding ortho intramolecular Hbond substituents is 1. The van der Waals surface area contributed by atoms with E-state index in [1.807, 2.05) is 6.07 Å². The number of carbonyl (C=O) groups excluding carboxylic acids is 1. The lowest BCUT2D eigenvalue weighted by Crippen LogP contribution is -2.31. The van der Waals surface area contributed by atoms with Crippen LogP contribution in [-0.4, -0.2) is 24.1 Å². The van der Waals surface area contributed by atoms with Gasteiger partial charge in [0.15, 0.2) is 5.76 Å². The summed E-state index contributed by atoms with van der Waals surface area (Å²) >= 11 is 3.35. The van der Waals surface area contributed by atoms with Crippen molar-refractivity contribution in [3.63, 3.8) is 0 Å². The number of halogens is 1. The molecule has 106 valence electrons. The Morgan fingerprint density at radius 1 is 1.30 bits per heavy atom. The molecule has 0 aliphatic heterocycles. The van der Waals surface area contributed by atoms with Crippen molar-refractivity contribution in [1.29, 1.82) is 0 Å². The Morgan fingerprint density at radius 3 is 2.90 bits per heavy atom. The van der Waals surface area contributed by atoms with Crippen LogP contribution in [0.5, 0.6) is 5.75 Å². The molecule has 0 saturated carbocycles. The predicted molar refractivity (Wildman–Crippen MR) is 78.6 cm³/mol. The molecule has 2 aromatic rings. The number of hydrogen-bond donors (Lipinski definition) is 3. The third-order valence-electron chi connectivity index (χ3n) is 2.69. The fourth-order valence-corrected chi connectivity index (χ4v) is 2.09. The van der Waals surface area contributed by atoms with Gasteiger partial charge in [-0.15, -0.1) is 0 Å². The van der Waals surface area contributed by atoms with E-state index in [2.05, 4.69) is 26.6 Å². The number of benzene rings is 1. The van der Waals surface area contributed by atoms with Gasteiger partial charge in [0.1, 0.15) is 5.75 Å². The summed E-state index contributed by atoms with van der Waals surface area (Å²) in [5.74, 6) is 0.317. The van der Waals surface area contributed by atoms with E-state index in [1.54, 1.807) is 24.3 Å². The average Bonchev–Trinajstić information content (AvgIpc) is 2.96. The smallest absolute Gasteiger partial charge is 0.287 e. The van der Waals surface area contributed by atoms with Crippen LogP contribution in [-0.2, 0) is 6.54 Å². The van der Waals surface area contributed by atoms with Crippen LogP contribution < -0.4 is 10.6 Å². The number of phenols is 1. The summed E-state index contributed by atoms with van der Waals surface area (Å²) in [6, 6.07) is 8.55. The number of aromatic hydroxyl groups is 1. The highest BCUT2D eigenvalue weighted by molar-refractivity contribution is 9.10. The van der Waals surface area contributed by atoms with Crippen molar-refractivity contribution >= 4 is 21.8 Å². The molecule has 5 nitrogen and oxygen atoms in total. The maximum atomic E-state index is 11.6. The summed E-state index contributed by atoms with van der Waals surface area (Å²) in [7, 11) is 0. The Balaban J connectivity index is 1.69. The number of furan rings is 1. The molecule has 2 rings (SSSR count). The first-order valence-corrected chi connectivity index (χ1v) is 6.96. The Bertz CT molecular complexity index is 570. The monoisotopic (exact) mass is 338 g/mol. The zero-order valence-electron chi connectivity index (χ0n) is 10.7. The molecule has 0 fully saturated rings. The second-order valence-electron chi connectivity index (χ2n) is 4.18. The summed E-state index contributed by atoms with van der Waals surface area (Å²) in [6.07, 6.45) is 1.46. The quantitative estimate of drug-likeness (QED) is 0.706. The van der Waals surface area contributed by atoms with Gasteiger partial charge < -0.3 is 20.2 Å². The molecule has 0 radical (unpaired) electrons. The fourth-order valence-electron chi connectivity index (χ4n) is 1.68. The number of hydrogen-bond acceptors (Lipinski definition) is 4. The molecule has 1 amide bonds. The van der Waals surface area contributed by atoms with Crippen LogP contribution in [0.1, 0.15) is 16.1 Å². The minimum Gasteiger partial charge on any atom is -0.508 e. The Labute approximate surface area is 125 Å². The molecule has 3 N–H and O–H groups in total. The van der Waals surface area contributed by atoms with Gasteiger partial charge >= 0.3 is 0 Å². The van der Waals surface area contributed by atoms with Crippen molar-refractivity contribution in [3.8, 4) is 5.75 Å². The van der Waals surface area contributed by atoms with Gasteiger partial charge in [0.2, 0.25) is 0 Å². The lowest BCUT2D eigenvalue weighted by atomic mass is 10.2. The zero-order valence-corrected chi connectivity index (χ0v) is 12.3. The van der Waals surface area contributed by atoms with Crippen LogP contribution in [0.4, 0.5) is 0 Å². The van der Waals surface area contributed by atoms with E-state index in [9.17, 15) is 9.90 Å². The third-order valence-corrected chi connectivity index (χ3v) is 3.18. The minimum absolute atomic E-state index is 0.234. The van der Waals surface area contributed by atoms with Crippen LogP contribution in [0.2, 0.25) is 0 Å². The van der Waals surface area contributed by atoms with E-state index in [0.717, 1.165) is 10.0 Å². The van der Waals surface area contributed by atoms with E-state index < -0.39 is 0 Å². The average molecular weight is 339 g/mol. The van der Waals surface area contributed by atoms with E-state index in [4.69, 9.17) is 4.42 Å². The van der Waals surface area contributed by atoms with E-state index in [1.165, 1.54) is 6.26 Å². The molecule has 0 unspecified atom stereocenters. The van der Waals surface area contributed by atoms with Gasteiger partial charge in [-0.1, -0.05) is 15.9 Å². The molecule has 0 spiro atoms. The van der Waals surface area contributed by atoms with Crippen molar-refractivity contribution in [2.24, 2.45) is 0 Å². The van der Waals surface area contributed by atoms with Gasteiger partial charge in [-0.3, -0.25) is 4.79 Å².